The highest BCUT2D eigenvalue weighted by Crippen LogP contribution is 1.81. The van der Waals surface area contributed by atoms with Gasteiger partial charge in [0.1, 0.15) is 0 Å². The summed E-state index contributed by atoms with van der Waals surface area (Å²) in [4.78, 5) is 0. The Morgan fingerprint density at radius 3 is 2.17 bits per heavy atom. The van der Waals surface area contributed by atoms with Crippen molar-refractivity contribution in [3.05, 3.63) is 0 Å². The van der Waals surface area contributed by atoms with E-state index in [-0.39, 0.29) is 0 Å². The predicted octanol–water partition coefficient (Wildman–Crippen LogP) is 1.14. The summed E-state index contributed by atoms with van der Waals surface area (Å²) in [5.41, 5.74) is 2.86. The lowest BCUT2D eigenvalue weighted by Crippen LogP contribution is -1.87. The van der Waals surface area contributed by atoms with Gasteiger partial charge in [0, 0.05) is 0 Å². The first-order valence-electron chi connectivity index (χ1n) is 1.83. The lowest BCUT2D eigenvalue weighted by atomic mass is 10.8. The zero-order chi connectivity index (χ0) is 4.99. The van der Waals surface area contributed by atoms with Gasteiger partial charge < -0.3 is 0 Å². The Bertz CT molecular complexity index is 77.3. The Balaban J connectivity index is 3.20. The summed E-state index contributed by atoms with van der Waals surface area (Å²) in [6.45, 7) is 3.80. The van der Waals surface area contributed by atoms with Gasteiger partial charge in [-0.25, -0.2) is 0 Å². The quantitative estimate of drug-likeness (QED) is 0.254. The fraction of sp³-hybridized carbons (Fsp3) is 0.500. The van der Waals surface area contributed by atoms with Crippen LogP contribution in [0.4, 0.5) is 0 Å². The van der Waals surface area contributed by atoms with Crippen molar-refractivity contribution in [1.82, 2.24) is 0 Å². The number of hydrogen-bond acceptors (Lipinski definition) is 0. The van der Waals surface area contributed by atoms with Crippen LogP contribution in [-0.2, 0) is 0 Å². The summed E-state index contributed by atoms with van der Waals surface area (Å²) in [5, 5.41) is 0. The SMILES string of the molecule is CC#C[SiH](C)Cl. The largest absolute Gasteiger partial charge is 0.216 e. The second-order valence-corrected chi connectivity index (χ2v) is 4.49. The van der Waals surface area contributed by atoms with Crippen molar-refractivity contribution in [2.24, 2.45) is 0 Å². The lowest BCUT2D eigenvalue weighted by molar-refractivity contribution is 1.93. The molecule has 1 atom stereocenters. The summed E-state index contributed by atoms with van der Waals surface area (Å²) in [5.74, 6) is 2.75. The number of halogens is 1. The van der Waals surface area contributed by atoms with Crippen LogP contribution in [0.25, 0.3) is 0 Å². The second kappa shape index (κ2) is 3.26. The molecule has 0 nitrogen and oxygen atoms in total. The van der Waals surface area contributed by atoms with Gasteiger partial charge in [-0.15, -0.1) is 11.5 Å². The van der Waals surface area contributed by atoms with Crippen LogP contribution >= 0.6 is 11.1 Å². The highest BCUT2D eigenvalue weighted by Gasteiger charge is 1.84. The second-order valence-electron chi connectivity index (χ2n) is 1.01. The third-order valence-electron chi connectivity index (χ3n) is 0.343. The van der Waals surface area contributed by atoms with Crippen LogP contribution in [0.2, 0.25) is 6.55 Å². The molecule has 0 spiro atoms. The third kappa shape index (κ3) is 4.07. The summed E-state index contributed by atoms with van der Waals surface area (Å²) in [6, 6.07) is 0. The van der Waals surface area contributed by atoms with Gasteiger partial charge in [-0.3, -0.25) is 0 Å². The van der Waals surface area contributed by atoms with Crippen molar-refractivity contribution in [2.75, 3.05) is 0 Å². The molecule has 0 saturated carbocycles. The minimum absolute atomic E-state index is 1.06. The molecule has 1 unspecified atom stereocenters. The molecule has 34 valence electrons. The van der Waals surface area contributed by atoms with Gasteiger partial charge in [-0.05, 0) is 13.5 Å². The molecule has 2 heteroatoms. The standard InChI is InChI=1S/C4H7ClSi/c1-3-4-6(2)5/h6H,1-2H3. The van der Waals surface area contributed by atoms with E-state index in [9.17, 15) is 0 Å². The topological polar surface area (TPSA) is 0 Å². The van der Waals surface area contributed by atoms with E-state index in [1.165, 1.54) is 0 Å². The summed E-state index contributed by atoms with van der Waals surface area (Å²) >= 11 is 5.54. The van der Waals surface area contributed by atoms with Crippen molar-refractivity contribution in [3.63, 3.8) is 0 Å². The normalized spacial score (nSPS) is 11.8. The van der Waals surface area contributed by atoms with Gasteiger partial charge >= 0.3 is 0 Å². The fourth-order valence-corrected chi connectivity index (χ4v) is 0.924. The Labute approximate surface area is 44.8 Å². The first-order valence-corrected chi connectivity index (χ1v) is 5.31. The van der Waals surface area contributed by atoms with Crippen LogP contribution in [0.15, 0.2) is 0 Å². The average Bonchev–Trinajstić information content (AvgIpc) is 1.35. The van der Waals surface area contributed by atoms with Crippen LogP contribution in [0.5, 0.6) is 0 Å². The van der Waals surface area contributed by atoms with Gasteiger partial charge in [0.25, 0.3) is 0 Å². The molecule has 0 amide bonds. The highest BCUT2D eigenvalue weighted by molar-refractivity contribution is 7.10. The molecule has 0 radical (unpaired) electrons. The van der Waals surface area contributed by atoms with Gasteiger partial charge in [0.15, 0.2) is 0 Å². The van der Waals surface area contributed by atoms with Gasteiger partial charge in [-0.1, -0.05) is 0 Å². The Kier molecular flexibility index (Phi) is 3.30. The molecule has 0 fully saturated rings. The maximum absolute atomic E-state index is 5.54. The molecule has 0 aliphatic rings. The summed E-state index contributed by atoms with van der Waals surface area (Å²) in [7, 11) is -1.06. The Hall–Kier alpha value is 0.0669. The predicted molar refractivity (Wildman–Crippen MR) is 32.3 cm³/mol. The monoisotopic (exact) mass is 118 g/mol. The van der Waals surface area contributed by atoms with Crippen molar-refractivity contribution in [2.45, 2.75) is 13.5 Å². The molecule has 0 aromatic rings. The summed E-state index contributed by atoms with van der Waals surface area (Å²) < 4.78 is 0. The van der Waals surface area contributed by atoms with E-state index in [0.29, 0.717) is 0 Å². The fourth-order valence-electron chi connectivity index (χ4n) is 0.199. The van der Waals surface area contributed by atoms with Gasteiger partial charge in [0.05, 0.1) is 0 Å². The minimum atomic E-state index is -1.06. The van der Waals surface area contributed by atoms with Crippen LogP contribution in [-0.4, -0.2) is 8.11 Å². The Morgan fingerprint density at radius 2 is 2.17 bits per heavy atom. The molecule has 0 aliphatic carbocycles. The smallest absolute Gasteiger partial charge is 0.155 e. The van der Waals surface area contributed by atoms with Crippen molar-refractivity contribution < 1.29 is 0 Å². The molecule has 0 aromatic carbocycles. The zero-order valence-electron chi connectivity index (χ0n) is 3.96. The maximum Gasteiger partial charge on any atom is 0.216 e. The molecule has 0 rings (SSSR count). The molecule has 0 N–H and O–H groups in total. The molecular formula is C4H7ClSi. The molecule has 0 saturated heterocycles. The lowest BCUT2D eigenvalue weighted by Gasteiger charge is -1.75. The van der Waals surface area contributed by atoms with E-state index >= 15 is 0 Å². The van der Waals surface area contributed by atoms with E-state index in [1.807, 2.05) is 13.5 Å². The highest BCUT2D eigenvalue weighted by atomic mass is 35.6. The third-order valence-corrected chi connectivity index (χ3v) is 1.36. The first-order chi connectivity index (χ1) is 2.77. The van der Waals surface area contributed by atoms with Crippen molar-refractivity contribution in [1.29, 1.82) is 0 Å². The molecule has 0 heterocycles. The van der Waals surface area contributed by atoms with Gasteiger partial charge in [-0.2, -0.15) is 11.1 Å². The van der Waals surface area contributed by atoms with Gasteiger partial charge in [0.2, 0.25) is 8.11 Å². The number of rotatable bonds is 0. The Morgan fingerprint density at radius 1 is 1.67 bits per heavy atom. The first kappa shape index (κ1) is 6.07. The molecule has 0 bridgehead atoms. The average molecular weight is 119 g/mol. The van der Waals surface area contributed by atoms with Crippen LogP contribution in [0, 0.1) is 11.5 Å². The molecule has 6 heavy (non-hydrogen) atoms. The maximum atomic E-state index is 5.54. The minimum Gasteiger partial charge on any atom is -0.155 e. The zero-order valence-corrected chi connectivity index (χ0v) is 5.87. The van der Waals surface area contributed by atoms with E-state index < -0.39 is 8.11 Å². The number of hydrogen-bond donors (Lipinski definition) is 0. The van der Waals surface area contributed by atoms with Crippen LogP contribution < -0.4 is 0 Å². The van der Waals surface area contributed by atoms with E-state index in [2.05, 4.69) is 11.5 Å². The van der Waals surface area contributed by atoms with E-state index in [4.69, 9.17) is 11.1 Å². The molecular weight excluding hydrogens is 112 g/mol. The van der Waals surface area contributed by atoms with Crippen LogP contribution in [0.3, 0.4) is 0 Å². The van der Waals surface area contributed by atoms with E-state index in [1.54, 1.807) is 0 Å². The summed E-state index contributed by atoms with van der Waals surface area (Å²) in [6.07, 6.45) is 0. The van der Waals surface area contributed by atoms with E-state index in [0.717, 1.165) is 0 Å². The van der Waals surface area contributed by atoms with Crippen molar-refractivity contribution in [3.8, 4) is 11.5 Å². The molecule has 0 aliphatic heterocycles. The van der Waals surface area contributed by atoms with Crippen LogP contribution in [0.1, 0.15) is 6.92 Å². The van der Waals surface area contributed by atoms with Crippen molar-refractivity contribution >= 4 is 19.2 Å². The molecule has 0 aromatic heterocycles.